The third kappa shape index (κ3) is 4.33. The van der Waals surface area contributed by atoms with Crippen LogP contribution in [0.5, 0.6) is 11.5 Å². The zero-order valence-electron chi connectivity index (χ0n) is 11.7. The molecule has 0 heterocycles. The molecule has 2 aromatic carbocycles. The van der Waals surface area contributed by atoms with Gasteiger partial charge in [0.2, 0.25) is 0 Å². The van der Waals surface area contributed by atoms with Crippen LogP contribution in [0, 0.1) is 9.39 Å². The molecule has 2 rings (SSSR count). The van der Waals surface area contributed by atoms with Gasteiger partial charge in [-0.1, -0.05) is 12.1 Å². The first-order valence-electron chi connectivity index (χ1n) is 6.54. The molecule has 6 heteroatoms. The van der Waals surface area contributed by atoms with Crippen LogP contribution in [0.4, 0.5) is 4.39 Å². The quantitative estimate of drug-likeness (QED) is 0.485. The Labute approximate surface area is 146 Å². The summed E-state index contributed by atoms with van der Waals surface area (Å²) in [4.78, 5) is 11.3. The second-order valence-electron chi connectivity index (χ2n) is 4.41. The van der Waals surface area contributed by atoms with E-state index in [1.165, 1.54) is 12.1 Å². The van der Waals surface area contributed by atoms with Crippen molar-refractivity contribution in [2.75, 3.05) is 6.61 Å². The third-order valence-electron chi connectivity index (χ3n) is 2.81. The molecule has 22 heavy (non-hydrogen) atoms. The van der Waals surface area contributed by atoms with Crippen LogP contribution >= 0.6 is 34.2 Å². The molecule has 0 saturated heterocycles. The summed E-state index contributed by atoms with van der Waals surface area (Å²) in [5.41, 5.74) is 1.04. The molecule has 3 nitrogen and oxygen atoms in total. The van der Waals surface area contributed by atoms with Gasteiger partial charge in [0.15, 0.2) is 11.5 Å². The Morgan fingerprint density at radius 1 is 1.27 bits per heavy atom. The second kappa shape index (κ2) is 7.78. The molecular weight excluding hydrogens is 422 g/mol. The van der Waals surface area contributed by atoms with E-state index in [0.29, 0.717) is 32.8 Å². The second-order valence-corrected chi connectivity index (χ2v) is 5.92. The van der Waals surface area contributed by atoms with E-state index in [1.54, 1.807) is 24.3 Å². The van der Waals surface area contributed by atoms with Gasteiger partial charge in [-0.3, -0.25) is 4.79 Å². The molecule has 0 aliphatic heterocycles. The number of carbonyl (C=O) groups excluding carboxylic acids is 1. The molecule has 0 atom stereocenters. The standard InChI is InChI=1S/C16H13ClFIO3/c1-2-21-14-8-11(16(17)20)7-13(19)15(14)22-9-10-4-3-5-12(18)6-10/h3-8H,2,9H2,1H3. The zero-order chi connectivity index (χ0) is 16.1. The van der Waals surface area contributed by atoms with Crippen LogP contribution in [0.25, 0.3) is 0 Å². The molecule has 0 N–H and O–H groups in total. The molecule has 0 fully saturated rings. The molecule has 0 unspecified atom stereocenters. The number of ether oxygens (including phenoxy) is 2. The molecule has 0 aliphatic carbocycles. The van der Waals surface area contributed by atoms with Crippen LogP contribution in [0.2, 0.25) is 0 Å². The summed E-state index contributed by atoms with van der Waals surface area (Å²) in [5, 5.41) is -0.560. The Morgan fingerprint density at radius 2 is 2.05 bits per heavy atom. The summed E-state index contributed by atoms with van der Waals surface area (Å²) >= 11 is 7.55. The van der Waals surface area contributed by atoms with Gasteiger partial charge < -0.3 is 9.47 Å². The van der Waals surface area contributed by atoms with Crippen molar-refractivity contribution in [2.24, 2.45) is 0 Å². The first-order chi connectivity index (χ1) is 10.5. The lowest BCUT2D eigenvalue weighted by Crippen LogP contribution is -2.03. The highest BCUT2D eigenvalue weighted by molar-refractivity contribution is 14.1. The summed E-state index contributed by atoms with van der Waals surface area (Å²) in [5.74, 6) is 0.632. The van der Waals surface area contributed by atoms with Gasteiger partial charge in [0.25, 0.3) is 5.24 Å². The van der Waals surface area contributed by atoms with Gasteiger partial charge >= 0.3 is 0 Å². The van der Waals surface area contributed by atoms with Crippen molar-refractivity contribution in [3.63, 3.8) is 0 Å². The molecule has 116 valence electrons. The third-order valence-corrected chi connectivity index (χ3v) is 3.83. The van der Waals surface area contributed by atoms with E-state index >= 15 is 0 Å². The first-order valence-corrected chi connectivity index (χ1v) is 8.00. The number of hydrogen-bond donors (Lipinski definition) is 0. The van der Waals surface area contributed by atoms with Gasteiger partial charge in [-0.25, -0.2) is 4.39 Å². The van der Waals surface area contributed by atoms with Crippen molar-refractivity contribution in [1.82, 2.24) is 0 Å². The van der Waals surface area contributed by atoms with Gasteiger partial charge in [0, 0.05) is 5.56 Å². The Kier molecular flexibility index (Phi) is 6.02. The fourth-order valence-corrected chi connectivity index (χ4v) is 2.73. The molecule has 0 amide bonds. The molecule has 0 aromatic heterocycles. The lowest BCUT2D eigenvalue weighted by atomic mass is 10.2. The Balaban J connectivity index is 2.27. The van der Waals surface area contributed by atoms with Gasteiger partial charge in [0.1, 0.15) is 12.4 Å². The summed E-state index contributed by atoms with van der Waals surface area (Å²) in [6.45, 7) is 2.45. The molecule has 0 bridgehead atoms. The minimum atomic E-state index is -0.560. The Morgan fingerprint density at radius 3 is 2.68 bits per heavy atom. The molecule has 2 aromatic rings. The molecular formula is C16H13ClFIO3. The summed E-state index contributed by atoms with van der Waals surface area (Å²) in [6, 6.07) is 9.34. The Hall–Kier alpha value is -1.34. The number of rotatable bonds is 6. The predicted octanol–water partition coefficient (Wildman–Crippen LogP) is 4.79. The fraction of sp³-hybridized carbons (Fsp3) is 0.188. The number of carbonyl (C=O) groups is 1. The van der Waals surface area contributed by atoms with Crippen molar-refractivity contribution >= 4 is 39.4 Å². The van der Waals surface area contributed by atoms with Crippen LogP contribution in [0.15, 0.2) is 36.4 Å². The minimum absolute atomic E-state index is 0.196. The summed E-state index contributed by atoms with van der Waals surface area (Å²) in [6.07, 6.45) is 0. The van der Waals surface area contributed by atoms with Crippen molar-refractivity contribution in [1.29, 1.82) is 0 Å². The lowest BCUT2D eigenvalue weighted by Gasteiger charge is -2.14. The van der Waals surface area contributed by atoms with Gasteiger partial charge in [-0.05, 0) is 70.9 Å². The van der Waals surface area contributed by atoms with E-state index in [4.69, 9.17) is 21.1 Å². The summed E-state index contributed by atoms with van der Waals surface area (Å²) < 4.78 is 25.1. The normalized spacial score (nSPS) is 10.4. The van der Waals surface area contributed by atoms with Gasteiger partial charge in [-0.2, -0.15) is 0 Å². The number of halogens is 3. The van der Waals surface area contributed by atoms with Crippen molar-refractivity contribution < 1.29 is 18.7 Å². The van der Waals surface area contributed by atoms with Crippen molar-refractivity contribution in [3.05, 3.63) is 56.9 Å². The largest absolute Gasteiger partial charge is 0.490 e. The fourth-order valence-electron chi connectivity index (χ4n) is 1.87. The number of benzene rings is 2. The van der Waals surface area contributed by atoms with Crippen molar-refractivity contribution in [3.8, 4) is 11.5 Å². The van der Waals surface area contributed by atoms with Crippen LogP contribution < -0.4 is 9.47 Å². The van der Waals surface area contributed by atoms with Gasteiger partial charge in [0.05, 0.1) is 10.2 Å². The molecule has 0 aliphatic rings. The van der Waals surface area contributed by atoms with Crippen molar-refractivity contribution in [2.45, 2.75) is 13.5 Å². The lowest BCUT2D eigenvalue weighted by molar-refractivity contribution is 0.108. The topological polar surface area (TPSA) is 35.5 Å². The minimum Gasteiger partial charge on any atom is -0.490 e. The highest BCUT2D eigenvalue weighted by Gasteiger charge is 2.15. The average molecular weight is 435 g/mol. The predicted molar refractivity (Wildman–Crippen MR) is 91.2 cm³/mol. The monoisotopic (exact) mass is 434 g/mol. The first kappa shape index (κ1) is 17.0. The van der Waals surface area contributed by atoms with E-state index in [9.17, 15) is 9.18 Å². The van der Waals surface area contributed by atoms with E-state index in [2.05, 4.69) is 0 Å². The highest BCUT2D eigenvalue weighted by atomic mass is 127. The average Bonchev–Trinajstić information content (AvgIpc) is 2.46. The molecule has 0 saturated carbocycles. The number of hydrogen-bond acceptors (Lipinski definition) is 3. The van der Waals surface area contributed by atoms with Crippen LogP contribution in [-0.2, 0) is 6.61 Å². The highest BCUT2D eigenvalue weighted by Crippen LogP contribution is 2.35. The Bertz CT molecular complexity index is 691. The molecule has 0 spiro atoms. The maximum Gasteiger partial charge on any atom is 0.252 e. The van der Waals surface area contributed by atoms with Gasteiger partial charge in [-0.15, -0.1) is 0 Å². The smallest absolute Gasteiger partial charge is 0.252 e. The van der Waals surface area contributed by atoms with E-state index in [-0.39, 0.29) is 12.4 Å². The van der Waals surface area contributed by atoms with Crippen LogP contribution in [0.3, 0.4) is 0 Å². The summed E-state index contributed by atoms with van der Waals surface area (Å²) in [7, 11) is 0. The van der Waals surface area contributed by atoms with E-state index in [0.717, 1.165) is 0 Å². The SMILES string of the molecule is CCOc1cc(C(=O)Cl)cc(I)c1OCc1cccc(F)c1. The van der Waals surface area contributed by atoms with E-state index in [1.807, 2.05) is 29.5 Å². The zero-order valence-corrected chi connectivity index (χ0v) is 14.7. The van der Waals surface area contributed by atoms with Crippen LogP contribution in [-0.4, -0.2) is 11.8 Å². The van der Waals surface area contributed by atoms with E-state index < -0.39 is 5.24 Å². The maximum atomic E-state index is 13.2. The van der Waals surface area contributed by atoms with Crippen LogP contribution in [0.1, 0.15) is 22.8 Å². The molecule has 0 radical (unpaired) electrons. The maximum absolute atomic E-state index is 13.2.